The van der Waals surface area contributed by atoms with Crippen molar-refractivity contribution in [1.82, 2.24) is 15.2 Å². The Bertz CT molecular complexity index is 443. The van der Waals surface area contributed by atoms with Gasteiger partial charge >= 0.3 is 0 Å². The van der Waals surface area contributed by atoms with Gasteiger partial charge in [0.05, 0.1) is 0 Å². The topological polar surface area (TPSA) is 63.1 Å². The van der Waals surface area contributed by atoms with Crippen LogP contribution in [0.5, 0.6) is 0 Å². The third-order valence-corrected chi connectivity index (χ3v) is 3.01. The summed E-state index contributed by atoms with van der Waals surface area (Å²) in [5.74, 6) is -0.198. The number of carbonyl (C=O) groups excluding carboxylic acids is 2. The molecular weight excluding hydrogens is 310 g/mol. The highest BCUT2D eigenvalue weighted by molar-refractivity contribution is 9.10. The minimum atomic E-state index is -0.150. The first-order chi connectivity index (χ1) is 9.08. The quantitative estimate of drug-likeness (QED) is 0.802. The Balaban J connectivity index is 2.51. The van der Waals surface area contributed by atoms with Crippen LogP contribution in [0, 0.1) is 0 Å². The maximum absolute atomic E-state index is 12.0. The second kappa shape index (κ2) is 7.99. The fraction of sp³-hybridized carbons (Fsp3) is 0.538. The standard InChI is InChI=1S/C13H20BrN3O2/c1-3-7-17-9-10(14)8-11(17)13(19)16-6-5-12(18)15-4-2/h8-9H,3-7H2,1-2H3,(H,15,18)(H,16,19). The van der Waals surface area contributed by atoms with Gasteiger partial charge in [-0.3, -0.25) is 9.59 Å². The van der Waals surface area contributed by atoms with Gasteiger partial charge in [-0.15, -0.1) is 0 Å². The fourth-order valence-corrected chi connectivity index (χ4v) is 2.22. The van der Waals surface area contributed by atoms with Gasteiger partial charge in [-0.2, -0.15) is 0 Å². The number of halogens is 1. The zero-order valence-electron chi connectivity index (χ0n) is 11.3. The number of rotatable bonds is 7. The Kier molecular flexibility index (Phi) is 6.62. The molecule has 106 valence electrons. The zero-order valence-corrected chi connectivity index (χ0v) is 12.9. The molecule has 0 spiro atoms. The van der Waals surface area contributed by atoms with Crippen LogP contribution in [0.2, 0.25) is 0 Å². The number of nitrogens with zero attached hydrogens (tertiary/aromatic N) is 1. The third-order valence-electron chi connectivity index (χ3n) is 2.57. The average molecular weight is 330 g/mol. The molecular formula is C13H20BrN3O2. The molecule has 0 saturated carbocycles. The summed E-state index contributed by atoms with van der Waals surface area (Å²) >= 11 is 3.37. The van der Waals surface area contributed by atoms with Crippen LogP contribution in [-0.4, -0.2) is 29.5 Å². The molecule has 0 aromatic carbocycles. The molecule has 0 radical (unpaired) electrons. The molecule has 2 N–H and O–H groups in total. The zero-order chi connectivity index (χ0) is 14.3. The van der Waals surface area contributed by atoms with Crippen molar-refractivity contribution >= 4 is 27.7 Å². The van der Waals surface area contributed by atoms with Gasteiger partial charge in [-0.05, 0) is 35.3 Å². The Hall–Kier alpha value is -1.30. The predicted molar refractivity (Wildman–Crippen MR) is 78.1 cm³/mol. The van der Waals surface area contributed by atoms with Crippen molar-refractivity contribution in [2.24, 2.45) is 0 Å². The molecule has 0 aliphatic rings. The van der Waals surface area contributed by atoms with Gasteiger partial charge < -0.3 is 15.2 Å². The molecule has 2 amide bonds. The van der Waals surface area contributed by atoms with Crippen LogP contribution >= 0.6 is 15.9 Å². The van der Waals surface area contributed by atoms with E-state index < -0.39 is 0 Å². The lowest BCUT2D eigenvalue weighted by Crippen LogP contribution is -2.31. The highest BCUT2D eigenvalue weighted by Crippen LogP contribution is 2.15. The van der Waals surface area contributed by atoms with Gasteiger partial charge in [0.25, 0.3) is 5.91 Å². The van der Waals surface area contributed by atoms with Gasteiger partial charge in [-0.1, -0.05) is 6.92 Å². The molecule has 0 unspecified atom stereocenters. The Morgan fingerprint density at radius 3 is 2.68 bits per heavy atom. The monoisotopic (exact) mass is 329 g/mol. The number of hydrogen-bond acceptors (Lipinski definition) is 2. The molecule has 0 bridgehead atoms. The Morgan fingerprint density at radius 2 is 2.05 bits per heavy atom. The van der Waals surface area contributed by atoms with Gasteiger partial charge in [-0.25, -0.2) is 0 Å². The van der Waals surface area contributed by atoms with Crippen molar-refractivity contribution in [1.29, 1.82) is 0 Å². The minimum Gasteiger partial charge on any atom is -0.356 e. The van der Waals surface area contributed by atoms with Gasteiger partial charge in [0, 0.05) is 36.7 Å². The molecule has 6 heteroatoms. The van der Waals surface area contributed by atoms with E-state index in [0.29, 0.717) is 25.2 Å². The summed E-state index contributed by atoms with van der Waals surface area (Å²) in [7, 11) is 0. The number of aromatic nitrogens is 1. The van der Waals surface area contributed by atoms with Crippen molar-refractivity contribution < 1.29 is 9.59 Å². The highest BCUT2D eigenvalue weighted by atomic mass is 79.9. The first kappa shape index (κ1) is 15.8. The van der Waals surface area contributed by atoms with Crippen molar-refractivity contribution in [3.05, 3.63) is 22.4 Å². The van der Waals surface area contributed by atoms with E-state index in [1.54, 1.807) is 6.07 Å². The SMILES string of the molecule is CCCn1cc(Br)cc1C(=O)NCCC(=O)NCC. The maximum atomic E-state index is 12.0. The van der Waals surface area contributed by atoms with E-state index in [1.807, 2.05) is 17.7 Å². The Labute approximate surface area is 121 Å². The van der Waals surface area contributed by atoms with E-state index in [2.05, 4.69) is 33.5 Å². The van der Waals surface area contributed by atoms with Crippen LogP contribution in [0.15, 0.2) is 16.7 Å². The summed E-state index contributed by atoms with van der Waals surface area (Å²) in [6.07, 6.45) is 3.15. The molecule has 1 aromatic rings. The van der Waals surface area contributed by atoms with E-state index in [0.717, 1.165) is 17.4 Å². The Morgan fingerprint density at radius 1 is 1.32 bits per heavy atom. The molecule has 1 aromatic heterocycles. The molecule has 0 fully saturated rings. The van der Waals surface area contributed by atoms with Gasteiger partial charge in [0.2, 0.25) is 5.91 Å². The lowest BCUT2D eigenvalue weighted by atomic mass is 10.3. The summed E-state index contributed by atoms with van der Waals surface area (Å²) in [5, 5.41) is 5.45. The first-order valence-electron chi connectivity index (χ1n) is 6.49. The van der Waals surface area contributed by atoms with E-state index >= 15 is 0 Å². The summed E-state index contributed by atoms with van der Waals surface area (Å²) in [6.45, 7) is 5.68. The fourth-order valence-electron chi connectivity index (χ4n) is 1.76. The van der Waals surface area contributed by atoms with Crippen LogP contribution in [0.4, 0.5) is 0 Å². The molecule has 5 nitrogen and oxygen atoms in total. The van der Waals surface area contributed by atoms with Crippen molar-refractivity contribution in [2.75, 3.05) is 13.1 Å². The third kappa shape index (κ3) is 5.06. The van der Waals surface area contributed by atoms with Crippen molar-refractivity contribution in [2.45, 2.75) is 33.2 Å². The van der Waals surface area contributed by atoms with E-state index in [-0.39, 0.29) is 11.8 Å². The van der Waals surface area contributed by atoms with E-state index in [9.17, 15) is 9.59 Å². The van der Waals surface area contributed by atoms with Crippen LogP contribution in [0.3, 0.4) is 0 Å². The second-order valence-electron chi connectivity index (χ2n) is 4.20. The molecule has 0 aliphatic carbocycles. The number of amides is 2. The van der Waals surface area contributed by atoms with Crippen LogP contribution in [0.1, 0.15) is 37.2 Å². The van der Waals surface area contributed by atoms with E-state index in [1.165, 1.54) is 0 Å². The predicted octanol–water partition coefficient (Wildman–Crippen LogP) is 1.92. The normalized spacial score (nSPS) is 10.3. The number of nitrogens with one attached hydrogen (secondary N) is 2. The molecule has 0 aliphatic heterocycles. The van der Waals surface area contributed by atoms with Gasteiger partial charge in [0.15, 0.2) is 0 Å². The van der Waals surface area contributed by atoms with E-state index in [4.69, 9.17) is 0 Å². The van der Waals surface area contributed by atoms with Crippen molar-refractivity contribution in [3.63, 3.8) is 0 Å². The largest absolute Gasteiger partial charge is 0.356 e. The minimum absolute atomic E-state index is 0.0482. The smallest absolute Gasteiger partial charge is 0.267 e. The molecule has 19 heavy (non-hydrogen) atoms. The highest BCUT2D eigenvalue weighted by Gasteiger charge is 2.12. The second-order valence-corrected chi connectivity index (χ2v) is 5.11. The molecule has 1 rings (SSSR count). The molecule has 0 saturated heterocycles. The summed E-state index contributed by atoms with van der Waals surface area (Å²) in [6, 6.07) is 1.79. The van der Waals surface area contributed by atoms with Gasteiger partial charge in [0.1, 0.15) is 5.69 Å². The van der Waals surface area contributed by atoms with Crippen LogP contribution in [-0.2, 0) is 11.3 Å². The first-order valence-corrected chi connectivity index (χ1v) is 7.28. The number of carbonyl (C=O) groups is 2. The number of hydrogen-bond donors (Lipinski definition) is 2. The maximum Gasteiger partial charge on any atom is 0.267 e. The lowest BCUT2D eigenvalue weighted by Gasteiger charge is -2.08. The summed E-state index contributed by atoms with van der Waals surface area (Å²) in [5.41, 5.74) is 0.615. The summed E-state index contributed by atoms with van der Waals surface area (Å²) in [4.78, 5) is 23.3. The molecule has 1 heterocycles. The van der Waals surface area contributed by atoms with Crippen molar-refractivity contribution in [3.8, 4) is 0 Å². The molecule has 0 atom stereocenters. The lowest BCUT2D eigenvalue weighted by molar-refractivity contribution is -0.120. The summed E-state index contributed by atoms with van der Waals surface area (Å²) < 4.78 is 2.79. The van der Waals surface area contributed by atoms with Crippen LogP contribution < -0.4 is 10.6 Å². The number of aryl methyl sites for hydroxylation is 1. The average Bonchev–Trinajstić information content (AvgIpc) is 2.71. The van der Waals surface area contributed by atoms with Crippen LogP contribution in [0.25, 0.3) is 0 Å².